The van der Waals surface area contributed by atoms with Gasteiger partial charge in [-0.15, -0.1) is 0 Å². The van der Waals surface area contributed by atoms with Crippen LogP contribution < -0.4 is 0 Å². The fraction of sp³-hybridized carbons (Fsp3) is 0.750. The Labute approximate surface area is 103 Å². The number of ketones is 1. The molecular formula is C12H20O4S. The first-order chi connectivity index (χ1) is 7.86. The van der Waals surface area contributed by atoms with Crippen molar-refractivity contribution in [2.45, 2.75) is 39.0 Å². The lowest BCUT2D eigenvalue weighted by molar-refractivity contribution is -0.125. The summed E-state index contributed by atoms with van der Waals surface area (Å²) in [6.07, 6.45) is 9.49. The Morgan fingerprint density at radius 2 is 1.88 bits per heavy atom. The second-order valence-electron chi connectivity index (χ2n) is 4.66. The van der Waals surface area contributed by atoms with Crippen molar-refractivity contribution >= 4 is 15.9 Å². The van der Waals surface area contributed by atoms with Crippen molar-refractivity contribution in [1.29, 1.82) is 0 Å². The highest BCUT2D eigenvalue weighted by Crippen LogP contribution is 2.38. The summed E-state index contributed by atoms with van der Waals surface area (Å²) in [5.41, 5.74) is -0.390. The molecule has 0 N–H and O–H groups in total. The van der Waals surface area contributed by atoms with Crippen molar-refractivity contribution in [2.24, 2.45) is 5.41 Å². The summed E-state index contributed by atoms with van der Waals surface area (Å²) in [7, 11) is -3.40. The molecule has 0 radical (unpaired) electrons. The third-order valence-electron chi connectivity index (χ3n) is 3.26. The molecule has 4 nitrogen and oxygen atoms in total. The lowest BCUT2D eigenvalue weighted by Crippen LogP contribution is -2.29. The third kappa shape index (κ3) is 4.60. The van der Waals surface area contributed by atoms with E-state index in [-0.39, 0.29) is 17.8 Å². The van der Waals surface area contributed by atoms with Crippen LogP contribution in [0.5, 0.6) is 0 Å². The predicted octanol–water partition coefficient (Wildman–Crippen LogP) is 2.06. The van der Waals surface area contributed by atoms with Gasteiger partial charge in [-0.05, 0) is 19.8 Å². The molecule has 5 heteroatoms. The summed E-state index contributed by atoms with van der Waals surface area (Å²) in [4.78, 5) is 11.7. The Kier molecular flexibility index (Phi) is 4.89. The first-order valence-electron chi connectivity index (χ1n) is 5.89. The number of rotatable bonds is 5. The second kappa shape index (κ2) is 5.78. The van der Waals surface area contributed by atoms with E-state index in [1.807, 2.05) is 6.08 Å². The van der Waals surface area contributed by atoms with E-state index in [0.29, 0.717) is 0 Å². The molecule has 1 fully saturated rings. The molecule has 0 aliphatic heterocycles. The van der Waals surface area contributed by atoms with E-state index in [0.717, 1.165) is 31.9 Å². The maximum atomic E-state index is 11.7. The van der Waals surface area contributed by atoms with Gasteiger partial charge in [-0.25, -0.2) is 0 Å². The van der Waals surface area contributed by atoms with Gasteiger partial charge in [0, 0.05) is 5.41 Å². The van der Waals surface area contributed by atoms with Gasteiger partial charge in [-0.2, -0.15) is 8.42 Å². The zero-order valence-corrected chi connectivity index (χ0v) is 11.3. The molecule has 1 aliphatic rings. The van der Waals surface area contributed by atoms with Crippen LogP contribution in [0.2, 0.25) is 0 Å². The van der Waals surface area contributed by atoms with E-state index in [4.69, 9.17) is 0 Å². The second-order valence-corrected chi connectivity index (χ2v) is 6.31. The fourth-order valence-electron chi connectivity index (χ4n) is 2.26. The average molecular weight is 260 g/mol. The zero-order valence-electron chi connectivity index (χ0n) is 10.4. The van der Waals surface area contributed by atoms with Crippen molar-refractivity contribution in [3.8, 4) is 0 Å². The van der Waals surface area contributed by atoms with Gasteiger partial charge in [-0.3, -0.25) is 8.98 Å². The topological polar surface area (TPSA) is 60.4 Å². The number of allylic oxidation sites excluding steroid dienone is 1. The van der Waals surface area contributed by atoms with Crippen molar-refractivity contribution in [2.75, 3.05) is 12.9 Å². The van der Waals surface area contributed by atoms with Gasteiger partial charge in [0.1, 0.15) is 5.78 Å². The number of Topliss-reactive ketones (excluding diaryl/α,β-unsaturated/α-hetero) is 1. The first kappa shape index (κ1) is 14.4. The third-order valence-corrected chi connectivity index (χ3v) is 3.83. The van der Waals surface area contributed by atoms with E-state index in [1.54, 1.807) is 13.0 Å². The van der Waals surface area contributed by atoms with E-state index >= 15 is 0 Å². The molecule has 0 atom stereocenters. The standard InChI is InChI=1S/C12H20O4S/c1-11(13)12(7-4-3-5-8-12)9-6-10-16-17(2,14)15/h6,9H,3-5,7-8,10H2,1-2H3/b9-6+. The fourth-order valence-corrected chi connectivity index (χ4v) is 2.58. The van der Waals surface area contributed by atoms with E-state index < -0.39 is 10.1 Å². The summed E-state index contributed by atoms with van der Waals surface area (Å²) in [6, 6.07) is 0. The highest BCUT2D eigenvalue weighted by Gasteiger charge is 2.33. The smallest absolute Gasteiger partial charge is 0.264 e. The molecule has 0 unspecified atom stereocenters. The van der Waals surface area contributed by atoms with Crippen LogP contribution in [0.3, 0.4) is 0 Å². The average Bonchev–Trinajstić information content (AvgIpc) is 2.24. The number of carbonyl (C=O) groups is 1. The van der Waals surface area contributed by atoms with Crippen molar-refractivity contribution < 1.29 is 17.4 Å². The largest absolute Gasteiger partial charge is 0.299 e. The summed E-state index contributed by atoms with van der Waals surface area (Å²) in [5, 5.41) is 0. The van der Waals surface area contributed by atoms with Crippen LogP contribution in [0.4, 0.5) is 0 Å². The summed E-state index contributed by atoms with van der Waals surface area (Å²) >= 11 is 0. The zero-order chi connectivity index (χ0) is 12.9. The quantitative estimate of drug-likeness (QED) is 0.561. The van der Waals surface area contributed by atoms with Crippen molar-refractivity contribution in [3.63, 3.8) is 0 Å². The van der Waals surface area contributed by atoms with Crippen LogP contribution >= 0.6 is 0 Å². The molecule has 0 aromatic carbocycles. The van der Waals surface area contributed by atoms with E-state index in [2.05, 4.69) is 4.18 Å². The molecule has 0 saturated heterocycles. The van der Waals surface area contributed by atoms with Gasteiger partial charge in [0.2, 0.25) is 0 Å². The van der Waals surface area contributed by atoms with Crippen LogP contribution in [-0.4, -0.2) is 27.1 Å². The van der Waals surface area contributed by atoms with Crippen LogP contribution in [-0.2, 0) is 19.1 Å². The molecule has 0 spiro atoms. The molecule has 1 aliphatic carbocycles. The van der Waals surface area contributed by atoms with Crippen LogP contribution in [0.25, 0.3) is 0 Å². The molecule has 98 valence electrons. The van der Waals surface area contributed by atoms with Crippen molar-refractivity contribution in [1.82, 2.24) is 0 Å². The number of carbonyl (C=O) groups excluding carboxylic acids is 1. The van der Waals surface area contributed by atoms with Gasteiger partial charge in [0.05, 0.1) is 12.9 Å². The molecular weight excluding hydrogens is 240 g/mol. The molecule has 0 heterocycles. The van der Waals surface area contributed by atoms with Crippen LogP contribution in [0.15, 0.2) is 12.2 Å². The van der Waals surface area contributed by atoms with Gasteiger partial charge in [0.15, 0.2) is 0 Å². The van der Waals surface area contributed by atoms with Gasteiger partial charge in [-0.1, -0.05) is 31.4 Å². The summed E-state index contributed by atoms with van der Waals surface area (Å²) in [5.74, 6) is 0.160. The molecule has 0 bridgehead atoms. The van der Waals surface area contributed by atoms with Crippen LogP contribution in [0.1, 0.15) is 39.0 Å². The van der Waals surface area contributed by atoms with Gasteiger partial charge < -0.3 is 0 Å². The molecule has 17 heavy (non-hydrogen) atoms. The number of hydrogen-bond acceptors (Lipinski definition) is 4. The molecule has 0 aromatic rings. The predicted molar refractivity (Wildman–Crippen MR) is 66.1 cm³/mol. The monoisotopic (exact) mass is 260 g/mol. The minimum Gasteiger partial charge on any atom is -0.299 e. The molecule has 1 saturated carbocycles. The minimum atomic E-state index is -3.40. The molecule has 0 amide bonds. The lowest BCUT2D eigenvalue weighted by Gasteiger charge is -2.32. The Bertz CT molecular complexity index is 389. The summed E-state index contributed by atoms with van der Waals surface area (Å²) < 4.78 is 26.2. The Hall–Kier alpha value is -0.680. The van der Waals surface area contributed by atoms with Crippen LogP contribution in [0, 0.1) is 5.41 Å². The maximum absolute atomic E-state index is 11.7. The maximum Gasteiger partial charge on any atom is 0.264 e. The van der Waals surface area contributed by atoms with Gasteiger partial charge in [0.25, 0.3) is 10.1 Å². The van der Waals surface area contributed by atoms with E-state index in [9.17, 15) is 13.2 Å². The van der Waals surface area contributed by atoms with E-state index in [1.165, 1.54) is 6.42 Å². The minimum absolute atomic E-state index is 0.00780. The Morgan fingerprint density at radius 3 is 2.35 bits per heavy atom. The summed E-state index contributed by atoms with van der Waals surface area (Å²) in [6.45, 7) is 1.61. The molecule has 1 rings (SSSR count). The normalized spacial score (nSPS) is 20.6. The van der Waals surface area contributed by atoms with Crippen molar-refractivity contribution in [3.05, 3.63) is 12.2 Å². The molecule has 0 aromatic heterocycles. The Morgan fingerprint density at radius 1 is 1.29 bits per heavy atom. The first-order valence-corrected chi connectivity index (χ1v) is 7.70. The Balaban J connectivity index is 2.61. The lowest BCUT2D eigenvalue weighted by atomic mass is 9.71. The highest BCUT2D eigenvalue weighted by molar-refractivity contribution is 7.85. The SMILES string of the molecule is CC(=O)C1(/C=C/COS(C)(=O)=O)CCCCC1. The number of hydrogen-bond donors (Lipinski definition) is 0. The van der Waals surface area contributed by atoms with Gasteiger partial charge >= 0.3 is 0 Å². The highest BCUT2D eigenvalue weighted by atomic mass is 32.2.